The highest BCUT2D eigenvalue weighted by atomic mass is 79.9. The molecule has 0 aliphatic carbocycles. The van der Waals surface area contributed by atoms with Crippen LogP contribution in [0, 0.1) is 20.8 Å². The number of halogens is 1. The zero-order valence-corrected chi connectivity index (χ0v) is 17.3. The van der Waals surface area contributed by atoms with Crippen molar-refractivity contribution in [1.82, 2.24) is 9.97 Å². The van der Waals surface area contributed by atoms with E-state index in [9.17, 15) is 0 Å². The lowest BCUT2D eigenvalue weighted by molar-refractivity contribution is 0.574. The minimum atomic E-state index is 0.861. The lowest BCUT2D eigenvalue weighted by Crippen LogP contribution is -2.30. The van der Waals surface area contributed by atoms with Gasteiger partial charge < -0.3 is 4.90 Å². The van der Waals surface area contributed by atoms with Gasteiger partial charge in [0.05, 0.1) is 10.2 Å². The molecule has 1 aromatic carbocycles. The first-order valence-electron chi connectivity index (χ1n) is 8.82. The normalized spacial score (nSPS) is 15.1. The Hall–Kier alpha value is -1.46. The van der Waals surface area contributed by atoms with E-state index in [1.807, 2.05) is 6.92 Å². The predicted octanol–water partition coefficient (Wildman–Crippen LogP) is 6.04. The molecule has 0 atom stereocenters. The van der Waals surface area contributed by atoms with Gasteiger partial charge in [-0.3, -0.25) is 0 Å². The topological polar surface area (TPSA) is 29.0 Å². The number of aromatic nitrogens is 2. The smallest absolute Gasteiger partial charge is 0.150 e. The second kappa shape index (κ2) is 6.69. The second-order valence-electron chi connectivity index (χ2n) is 6.88. The third-order valence-electron chi connectivity index (χ3n) is 4.93. The van der Waals surface area contributed by atoms with Crippen LogP contribution >= 0.6 is 27.3 Å². The molecule has 0 bridgehead atoms. The number of aryl methyl sites for hydroxylation is 3. The van der Waals surface area contributed by atoms with Gasteiger partial charge in [0.15, 0.2) is 0 Å². The van der Waals surface area contributed by atoms with Gasteiger partial charge in [0.2, 0.25) is 0 Å². The van der Waals surface area contributed by atoms with Crippen molar-refractivity contribution in [3.8, 4) is 11.1 Å². The van der Waals surface area contributed by atoms with E-state index >= 15 is 0 Å². The fraction of sp³-hybridized carbons (Fsp3) is 0.400. The summed E-state index contributed by atoms with van der Waals surface area (Å²) in [6.45, 7) is 8.58. The molecule has 1 aliphatic heterocycles. The van der Waals surface area contributed by atoms with Crippen molar-refractivity contribution in [2.75, 3.05) is 18.0 Å². The molecule has 0 spiro atoms. The number of hydrogen-bond acceptors (Lipinski definition) is 4. The lowest BCUT2D eigenvalue weighted by atomic mass is 9.97. The maximum Gasteiger partial charge on any atom is 0.150 e. The molecule has 3 aromatic rings. The fourth-order valence-electron chi connectivity index (χ4n) is 3.85. The Balaban J connectivity index is 1.92. The monoisotopic (exact) mass is 415 g/mol. The molecule has 3 nitrogen and oxygen atoms in total. The van der Waals surface area contributed by atoms with E-state index in [4.69, 9.17) is 9.97 Å². The molecule has 25 heavy (non-hydrogen) atoms. The van der Waals surface area contributed by atoms with E-state index in [1.54, 1.807) is 11.3 Å². The van der Waals surface area contributed by atoms with Gasteiger partial charge in [-0.05, 0) is 68.9 Å². The van der Waals surface area contributed by atoms with Gasteiger partial charge in [0.1, 0.15) is 11.6 Å². The molecule has 0 amide bonds. The fourth-order valence-corrected chi connectivity index (χ4v) is 5.54. The number of rotatable bonds is 2. The quantitative estimate of drug-likeness (QED) is 0.510. The highest BCUT2D eigenvalue weighted by molar-refractivity contribution is 9.10. The molecule has 0 N–H and O–H groups in total. The Kier molecular flexibility index (Phi) is 4.54. The summed E-state index contributed by atoms with van der Waals surface area (Å²) in [5, 5.41) is 2.26. The number of thiophene rings is 1. The maximum absolute atomic E-state index is 4.83. The van der Waals surface area contributed by atoms with Crippen LogP contribution in [0.15, 0.2) is 22.0 Å². The third kappa shape index (κ3) is 3.08. The van der Waals surface area contributed by atoms with Crippen LogP contribution in [0.4, 0.5) is 5.82 Å². The molecule has 2 aromatic heterocycles. The Bertz CT molecular complexity index is 919. The number of piperidine rings is 1. The van der Waals surface area contributed by atoms with Crippen molar-refractivity contribution >= 4 is 43.3 Å². The lowest BCUT2D eigenvalue weighted by Gasteiger charge is -2.28. The number of nitrogens with zero attached hydrogens (tertiary/aromatic N) is 3. The molecular weight excluding hydrogens is 394 g/mol. The molecule has 0 radical (unpaired) electrons. The molecule has 1 aliphatic rings. The van der Waals surface area contributed by atoms with E-state index in [1.165, 1.54) is 46.2 Å². The molecule has 1 saturated heterocycles. The highest BCUT2D eigenvalue weighted by Gasteiger charge is 2.21. The number of benzene rings is 1. The standard InChI is InChI=1S/C20H22BrN3S/c1-12-9-15(21)10-13(2)17(12)16-11-25-19-18(16)22-14(3)23-20(19)24-7-5-4-6-8-24/h9-11H,4-8H2,1-3H3. The van der Waals surface area contributed by atoms with Crippen molar-refractivity contribution in [2.45, 2.75) is 40.0 Å². The van der Waals surface area contributed by atoms with Gasteiger partial charge in [-0.1, -0.05) is 15.9 Å². The van der Waals surface area contributed by atoms with Crippen LogP contribution in [0.3, 0.4) is 0 Å². The zero-order valence-electron chi connectivity index (χ0n) is 14.9. The summed E-state index contributed by atoms with van der Waals surface area (Å²) in [5.41, 5.74) is 6.21. The second-order valence-corrected chi connectivity index (χ2v) is 8.68. The first-order valence-corrected chi connectivity index (χ1v) is 10.5. The largest absolute Gasteiger partial charge is 0.355 e. The Morgan fingerprint density at radius 3 is 2.36 bits per heavy atom. The van der Waals surface area contributed by atoms with E-state index in [0.29, 0.717) is 0 Å². The third-order valence-corrected chi connectivity index (χ3v) is 6.35. The maximum atomic E-state index is 4.83. The number of hydrogen-bond donors (Lipinski definition) is 0. The molecule has 3 heterocycles. The first-order chi connectivity index (χ1) is 12.0. The van der Waals surface area contributed by atoms with Crippen molar-refractivity contribution in [3.63, 3.8) is 0 Å². The molecule has 5 heteroatoms. The summed E-state index contributed by atoms with van der Waals surface area (Å²) in [5.74, 6) is 1.99. The van der Waals surface area contributed by atoms with Crippen LogP contribution in [0.5, 0.6) is 0 Å². The van der Waals surface area contributed by atoms with Gasteiger partial charge in [-0.25, -0.2) is 9.97 Å². The molecule has 0 unspecified atom stereocenters. The van der Waals surface area contributed by atoms with Crippen LogP contribution in [0.2, 0.25) is 0 Å². The molecule has 1 fully saturated rings. The van der Waals surface area contributed by atoms with Crippen molar-refractivity contribution in [1.29, 1.82) is 0 Å². The summed E-state index contributed by atoms with van der Waals surface area (Å²) in [6.07, 6.45) is 3.85. The predicted molar refractivity (Wildman–Crippen MR) is 111 cm³/mol. The van der Waals surface area contributed by atoms with Gasteiger partial charge in [-0.15, -0.1) is 11.3 Å². The van der Waals surface area contributed by atoms with Crippen molar-refractivity contribution in [3.05, 3.63) is 38.9 Å². The summed E-state index contributed by atoms with van der Waals surface area (Å²) in [7, 11) is 0. The van der Waals surface area contributed by atoms with Crippen LogP contribution in [-0.4, -0.2) is 23.1 Å². The molecule has 4 rings (SSSR count). The van der Waals surface area contributed by atoms with Crippen molar-refractivity contribution in [2.24, 2.45) is 0 Å². The molecule has 0 saturated carbocycles. The Morgan fingerprint density at radius 1 is 1.00 bits per heavy atom. The minimum absolute atomic E-state index is 0.861. The Labute approximate surface area is 161 Å². The summed E-state index contributed by atoms with van der Waals surface area (Å²) < 4.78 is 2.36. The van der Waals surface area contributed by atoms with Crippen LogP contribution < -0.4 is 4.90 Å². The first kappa shape index (κ1) is 17.0. The molecular formula is C20H22BrN3S. The van der Waals surface area contributed by atoms with Gasteiger partial charge in [0, 0.05) is 28.5 Å². The van der Waals surface area contributed by atoms with Gasteiger partial charge in [0.25, 0.3) is 0 Å². The van der Waals surface area contributed by atoms with Crippen molar-refractivity contribution < 1.29 is 0 Å². The van der Waals surface area contributed by atoms with Gasteiger partial charge in [-0.2, -0.15) is 0 Å². The zero-order chi connectivity index (χ0) is 17.6. The average molecular weight is 416 g/mol. The van der Waals surface area contributed by atoms with E-state index in [2.05, 4.69) is 52.2 Å². The van der Waals surface area contributed by atoms with E-state index in [-0.39, 0.29) is 0 Å². The van der Waals surface area contributed by atoms with Crippen LogP contribution in [0.25, 0.3) is 21.3 Å². The van der Waals surface area contributed by atoms with Gasteiger partial charge >= 0.3 is 0 Å². The van der Waals surface area contributed by atoms with Crippen LogP contribution in [0.1, 0.15) is 36.2 Å². The summed E-state index contributed by atoms with van der Waals surface area (Å²) in [6, 6.07) is 4.37. The summed E-state index contributed by atoms with van der Waals surface area (Å²) in [4.78, 5) is 12.1. The minimum Gasteiger partial charge on any atom is -0.355 e. The number of fused-ring (bicyclic) bond motifs is 1. The SMILES string of the molecule is Cc1nc(N2CCCCC2)c2scc(-c3c(C)cc(Br)cc3C)c2n1. The highest BCUT2D eigenvalue weighted by Crippen LogP contribution is 2.41. The summed E-state index contributed by atoms with van der Waals surface area (Å²) >= 11 is 5.39. The van der Waals surface area contributed by atoms with Crippen LogP contribution in [-0.2, 0) is 0 Å². The number of anilines is 1. The molecule has 130 valence electrons. The van der Waals surface area contributed by atoms with E-state index < -0.39 is 0 Å². The Morgan fingerprint density at radius 2 is 1.68 bits per heavy atom. The average Bonchev–Trinajstić information content (AvgIpc) is 2.97. The van der Waals surface area contributed by atoms with E-state index in [0.717, 1.165) is 34.7 Å².